The fraction of sp³-hybridized carbons (Fsp3) is 0.500. The molecule has 1 fully saturated rings. The lowest BCUT2D eigenvalue weighted by molar-refractivity contribution is 0.0599. The maximum atomic E-state index is 11.5. The van der Waals surface area contributed by atoms with Gasteiger partial charge >= 0.3 is 5.97 Å². The van der Waals surface area contributed by atoms with E-state index in [1.54, 1.807) is 0 Å². The number of esters is 1. The Bertz CT molecular complexity index is 437. The molecule has 0 radical (unpaired) electrons. The van der Waals surface area contributed by atoms with Crippen LogP contribution >= 0.6 is 0 Å². The third-order valence-corrected chi connectivity index (χ3v) is 3.49. The first kappa shape index (κ1) is 14.2. The van der Waals surface area contributed by atoms with Gasteiger partial charge in [0.1, 0.15) is 0 Å². The van der Waals surface area contributed by atoms with Gasteiger partial charge in [-0.25, -0.2) is 4.79 Å². The molecule has 2 rings (SSSR count). The van der Waals surface area contributed by atoms with Gasteiger partial charge in [0.2, 0.25) is 0 Å². The molecule has 0 heterocycles. The molecule has 96 valence electrons. The van der Waals surface area contributed by atoms with Crippen LogP contribution in [0.2, 0.25) is 0 Å². The van der Waals surface area contributed by atoms with E-state index >= 15 is 0 Å². The van der Waals surface area contributed by atoms with Crippen LogP contribution in [-0.4, -0.2) is 13.1 Å². The van der Waals surface area contributed by atoms with Crippen LogP contribution < -0.4 is 0 Å². The highest BCUT2D eigenvalue weighted by molar-refractivity contribution is 5.91. The van der Waals surface area contributed by atoms with E-state index in [0.717, 1.165) is 17.9 Å². The Morgan fingerprint density at radius 2 is 2.06 bits per heavy atom. The number of nitrogens with zero attached hydrogens (tertiary/aromatic N) is 2. The first-order valence-electron chi connectivity index (χ1n) is 6.17. The highest BCUT2D eigenvalue weighted by Crippen LogP contribution is 2.37. The topological polar surface area (TPSA) is 73.9 Å². The maximum Gasteiger partial charge on any atom is 0.338 e. The van der Waals surface area contributed by atoms with Crippen molar-refractivity contribution in [1.29, 1.82) is 10.8 Å². The van der Waals surface area contributed by atoms with E-state index in [9.17, 15) is 4.79 Å². The van der Waals surface area contributed by atoms with Crippen LogP contribution in [0.5, 0.6) is 0 Å². The molecule has 0 spiro atoms. The number of ether oxygens (including phenoxy) is 1. The summed E-state index contributed by atoms with van der Waals surface area (Å²) in [5, 5.41) is 12.0. The molecule has 1 saturated carbocycles. The minimum atomic E-state index is -0.225. The predicted molar refractivity (Wildman–Crippen MR) is 67.2 cm³/mol. The van der Waals surface area contributed by atoms with Gasteiger partial charge in [-0.2, -0.15) is 0 Å². The van der Waals surface area contributed by atoms with E-state index in [1.165, 1.54) is 31.9 Å². The normalized spacial score (nSPS) is 14.0. The molecule has 0 N–H and O–H groups in total. The molecule has 0 aliphatic heterocycles. The van der Waals surface area contributed by atoms with Crippen LogP contribution in [0.3, 0.4) is 0 Å². The summed E-state index contributed by atoms with van der Waals surface area (Å²) in [6.45, 7) is 2.08. The average Bonchev–Trinajstić information content (AvgIpc) is 2.38. The van der Waals surface area contributed by atoms with Gasteiger partial charge in [-0.1, -0.05) is 25.5 Å². The molecule has 18 heavy (non-hydrogen) atoms. The number of benzene rings is 1. The molecule has 4 heteroatoms. The fourth-order valence-corrected chi connectivity index (χ4v) is 2.21. The van der Waals surface area contributed by atoms with Crippen molar-refractivity contribution in [2.45, 2.75) is 38.5 Å². The quantitative estimate of drug-likeness (QED) is 0.605. The molecular weight excluding hydrogens is 228 g/mol. The van der Waals surface area contributed by atoms with Crippen LogP contribution in [0.4, 0.5) is 0 Å². The molecular formula is C14H18N2O2. The van der Waals surface area contributed by atoms with Crippen LogP contribution in [0.15, 0.2) is 18.2 Å². The summed E-state index contributed by atoms with van der Waals surface area (Å²) in [5.74, 6) is 0.494. The Hall–Kier alpha value is -1.89. The van der Waals surface area contributed by atoms with Crippen molar-refractivity contribution in [2.75, 3.05) is 7.11 Å². The van der Waals surface area contributed by atoms with Crippen molar-refractivity contribution in [1.82, 2.24) is 0 Å². The van der Waals surface area contributed by atoms with Gasteiger partial charge in [-0.3, -0.25) is 0 Å². The number of hydrogen-bond donors (Lipinski definition) is 0. The van der Waals surface area contributed by atoms with Crippen molar-refractivity contribution >= 4 is 5.97 Å². The molecule has 0 amide bonds. The van der Waals surface area contributed by atoms with Gasteiger partial charge in [0.25, 0.3) is 0 Å². The second-order valence-corrected chi connectivity index (χ2v) is 4.39. The maximum absolute atomic E-state index is 11.5. The molecule has 4 nitrogen and oxygen atoms in total. The zero-order valence-corrected chi connectivity index (χ0v) is 10.8. The highest BCUT2D eigenvalue weighted by atomic mass is 16.5. The van der Waals surface area contributed by atoms with Crippen molar-refractivity contribution in [3.63, 3.8) is 0 Å². The Morgan fingerprint density at radius 1 is 1.39 bits per heavy atom. The van der Waals surface area contributed by atoms with E-state index < -0.39 is 0 Å². The Kier molecular flexibility index (Phi) is 5.31. The summed E-state index contributed by atoms with van der Waals surface area (Å²) < 4.78 is 4.78. The molecule has 1 aromatic rings. The average molecular weight is 246 g/mol. The van der Waals surface area contributed by atoms with E-state index in [0.29, 0.717) is 5.56 Å². The second kappa shape index (κ2) is 6.75. The van der Waals surface area contributed by atoms with E-state index in [1.807, 2.05) is 6.07 Å². The monoisotopic (exact) mass is 246 g/mol. The summed E-state index contributed by atoms with van der Waals surface area (Å²) in [6, 6.07) is 6.17. The predicted octanol–water partition coefficient (Wildman–Crippen LogP) is 3.33. The van der Waals surface area contributed by atoms with Gasteiger partial charge in [0.15, 0.2) is 0 Å². The smallest absolute Gasteiger partial charge is 0.338 e. The fourth-order valence-electron chi connectivity index (χ4n) is 2.21. The number of hydrogen-bond acceptors (Lipinski definition) is 4. The number of carbonyl (C=O) groups is 1. The van der Waals surface area contributed by atoms with Crippen LogP contribution in [0.25, 0.3) is 0 Å². The van der Waals surface area contributed by atoms with Crippen molar-refractivity contribution in [2.24, 2.45) is 0 Å². The molecule has 0 aromatic heterocycles. The number of methoxy groups -OCH3 is 1. The van der Waals surface area contributed by atoms with Gasteiger partial charge in [-0.15, -0.1) is 0 Å². The van der Waals surface area contributed by atoms with Gasteiger partial charge < -0.3 is 4.74 Å². The van der Waals surface area contributed by atoms with E-state index in [2.05, 4.69) is 19.1 Å². The lowest BCUT2D eigenvalue weighted by Crippen LogP contribution is -2.11. The number of carbonyl (C=O) groups excluding carboxylic acids is 1. The summed E-state index contributed by atoms with van der Waals surface area (Å²) in [5.41, 5.74) is 3.21. The van der Waals surface area contributed by atoms with E-state index in [4.69, 9.17) is 15.5 Å². The molecule has 0 atom stereocenters. The zero-order chi connectivity index (χ0) is 13.5. The highest BCUT2D eigenvalue weighted by Gasteiger charge is 2.21. The molecule has 0 unspecified atom stereocenters. The summed E-state index contributed by atoms with van der Waals surface area (Å²) >= 11 is 0. The van der Waals surface area contributed by atoms with Gasteiger partial charge in [0, 0.05) is 10.8 Å². The van der Waals surface area contributed by atoms with Gasteiger partial charge in [-0.05, 0) is 42.4 Å². The molecule has 0 bridgehead atoms. The third kappa shape index (κ3) is 2.86. The standard InChI is InChI=1S/C14H18O2.N2/c1-3-10-9-12(11-5-4-6-11)7-8-13(10)14(15)16-2;1-2/h7-9,11H,3-6H2,1-2H3;. The van der Waals surface area contributed by atoms with Gasteiger partial charge in [0.05, 0.1) is 12.7 Å². The largest absolute Gasteiger partial charge is 0.465 e. The SMILES string of the molecule is CCc1cc(C2CCC2)ccc1C(=O)OC.N#N. The summed E-state index contributed by atoms with van der Waals surface area (Å²) in [7, 11) is 1.43. The van der Waals surface area contributed by atoms with Crippen LogP contribution in [-0.2, 0) is 11.2 Å². The van der Waals surface area contributed by atoms with Crippen molar-refractivity contribution in [3.05, 3.63) is 34.9 Å². The minimum absolute atomic E-state index is 0.225. The molecule has 1 aliphatic rings. The minimum Gasteiger partial charge on any atom is -0.465 e. The first-order chi connectivity index (χ1) is 8.76. The van der Waals surface area contributed by atoms with Crippen molar-refractivity contribution < 1.29 is 9.53 Å². The summed E-state index contributed by atoms with van der Waals surface area (Å²) in [4.78, 5) is 11.5. The van der Waals surface area contributed by atoms with Crippen LogP contribution in [0.1, 0.15) is 53.6 Å². The Balaban J connectivity index is 0.000000771. The lowest BCUT2D eigenvalue weighted by atomic mass is 9.79. The Morgan fingerprint density at radius 3 is 2.50 bits per heavy atom. The number of rotatable bonds is 3. The summed E-state index contributed by atoms with van der Waals surface area (Å²) in [6.07, 6.45) is 4.80. The molecule has 1 aliphatic carbocycles. The first-order valence-corrected chi connectivity index (χ1v) is 6.17. The van der Waals surface area contributed by atoms with E-state index in [-0.39, 0.29) is 5.97 Å². The second-order valence-electron chi connectivity index (χ2n) is 4.39. The molecule has 1 aromatic carbocycles. The lowest BCUT2D eigenvalue weighted by Gasteiger charge is -2.26. The van der Waals surface area contributed by atoms with Crippen LogP contribution in [0, 0.1) is 10.8 Å². The number of aryl methyl sites for hydroxylation is 1. The van der Waals surface area contributed by atoms with Crippen molar-refractivity contribution in [3.8, 4) is 0 Å². The third-order valence-electron chi connectivity index (χ3n) is 3.49. The molecule has 0 saturated heterocycles. The zero-order valence-electron chi connectivity index (χ0n) is 10.8. The Labute approximate surface area is 107 Å².